The van der Waals surface area contributed by atoms with Crippen molar-refractivity contribution in [1.29, 1.82) is 0 Å². The van der Waals surface area contributed by atoms with Gasteiger partial charge in [-0.05, 0) is 89.6 Å². The van der Waals surface area contributed by atoms with Crippen LogP contribution in [0.3, 0.4) is 0 Å². The van der Waals surface area contributed by atoms with Crippen LogP contribution in [0.5, 0.6) is 0 Å². The molecule has 0 fully saturated rings. The van der Waals surface area contributed by atoms with Crippen molar-refractivity contribution < 1.29 is 4.79 Å². The highest BCUT2D eigenvalue weighted by atomic mass is 16.1. The standard InChI is InChI=1S/C31H42N4O/c1-9-34(22(3)4)27-15-11-24(12-16-27)19-25-20-29(30(33(7)8)21-31(25)36)32-26-13-17-28(18-14-26)35(10-2)23(5)6/h11-18,20-23H,9-10,19H2,1-8H3. The first-order valence-electron chi connectivity index (χ1n) is 13.1. The molecular weight excluding hydrogens is 444 g/mol. The summed E-state index contributed by atoms with van der Waals surface area (Å²) in [4.78, 5) is 24.6. The van der Waals surface area contributed by atoms with Gasteiger partial charge >= 0.3 is 0 Å². The Bertz CT molecular complexity index is 1120. The van der Waals surface area contributed by atoms with E-state index in [1.165, 1.54) is 11.4 Å². The number of ketones is 1. The van der Waals surface area contributed by atoms with Crippen molar-refractivity contribution in [3.05, 3.63) is 77.5 Å². The second-order valence-corrected chi connectivity index (χ2v) is 10.1. The minimum absolute atomic E-state index is 0.0463. The number of hydrogen-bond donors (Lipinski definition) is 0. The number of rotatable bonds is 10. The number of carbonyl (C=O) groups is 1. The first-order valence-corrected chi connectivity index (χ1v) is 13.1. The summed E-state index contributed by atoms with van der Waals surface area (Å²) in [5.41, 5.74) is 6.80. The number of carbonyl (C=O) groups excluding carboxylic acids is 1. The Hall–Kier alpha value is -3.34. The molecule has 0 amide bonds. The van der Waals surface area contributed by atoms with E-state index >= 15 is 0 Å². The zero-order valence-corrected chi connectivity index (χ0v) is 23.2. The maximum Gasteiger partial charge on any atom is 0.184 e. The van der Waals surface area contributed by atoms with Crippen molar-refractivity contribution in [3.8, 4) is 0 Å². The van der Waals surface area contributed by atoms with Gasteiger partial charge in [-0.1, -0.05) is 12.1 Å². The number of anilines is 2. The summed E-state index contributed by atoms with van der Waals surface area (Å²) in [5.74, 6) is 0.0463. The summed E-state index contributed by atoms with van der Waals surface area (Å²) < 4.78 is 0. The average molecular weight is 487 g/mol. The molecule has 0 unspecified atom stereocenters. The first kappa shape index (κ1) is 27.3. The van der Waals surface area contributed by atoms with Crippen molar-refractivity contribution >= 4 is 28.6 Å². The van der Waals surface area contributed by atoms with Crippen LogP contribution in [0.25, 0.3) is 0 Å². The van der Waals surface area contributed by atoms with Gasteiger partial charge in [-0.3, -0.25) is 4.79 Å². The first-order chi connectivity index (χ1) is 17.1. The van der Waals surface area contributed by atoms with Gasteiger partial charge in [0.25, 0.3) is 0 Å². The summed E-state index contributed by atoms with van der Waals surface area (Å²) in [6, 6.07) is 17.8. The third kappa shape index (κ3) is 6.45. The van der Waals surface area contributed by atoms with Gasteiger partial charge in [0.05, 0.1) is 17.1 Å². The Kier molecular flexibility index (Phi) is 9.14. The molecule has 0 spiro atoms. The third-order valence-corrected chi connectivity index (χ3v) is 6.66. The zero-order chi connectivity index (χ0) is 26.4. The molecule has 0 radical (unpaired) electrons. The summed E-state index contributed by atoms with van der Waals surface area (Å²) in [6.07, 6.45) is 4.26. The molecule has 0 bridgehead atoms. The van der Waals surface area contributed by atoms with E-state index in [0.29, 0.717) is 18.5 Å². The molecule has 0 atom stereocenters. The van der Waals surface area contributed by atoms with Crippen molar-refractivity contribution in [2.75, 3.05) is 37.0 Å². The Labute approximate surface area is 217 Å². The molecule has 2 aromatic carbocycles. The number of aliphatic imine (C=N–C) groups is 1. The fourth-order valence-electron chi connectivity index (χ4n) is 4.76. The lowest BCUT2D eigenvalue weighted by Crippen LogP contribution is -2.30. The third-order valence-electron chi connectivity index (χ3n) is 6.66. The van der Waals surface area contributed by atoms with Crippen LogP contribution in [-0.2, 0) is 11.2 Å². The molecule has 0 saturated heterocycles. The molecule has 5 heteroatoms. The normalized spacial score (nSPS) is 14.8. The molecule has 1 aliphatic rings. The van der Waals surface area contributed by atoms with Crippen molar-refractivity contribution in [3.63, 3.8) is 0 Å². The molecule has 3 rings (SSSR count). The number of hydrogen-bond acceptors (Lipinski definition) is 5. The highest BCUT2D eigenvalue weighted by Crippen LogP contribution is 2.26. The molecule has 2 aromatic rings. The quantitative estimate of drug-likeness (QED) is 0.363. The Morgan fingerprint density at radius 2 is 1.25 bits per heavy atom. The molecule has 0 saturated carbocycles. The van der Waals surface area contributed by atoms with Gasteiger partial charge in [-0.25, -0.2) is 4.99 Å². The van der Waals surface area contributed by atoms with E-state index in [0.717, 1.165) is 41.3 Å². The topological polar surface area (TPSA) is 39.1 Å². The minimum Gasteiger partial charge on any atom is -0.376 e. The number of allylic oxidation sites excluding steroid dienone is 3. The Balaban J connectivity index is 1.88. The maximum absolute atomic E-state index is 13.0. The summed E-state index contributed by atoms with van der Waals surface area (Å²) >= 11 is 0. The van der Waals surface area contributed by atoms with Crippen molar-refractivity contribution in [1.82, 2.24) is 4.90 Å². The fourth-order valence-corrected chi connectivity index (χ4v) is 4.76. The smallest absolute Gasteiger partial charge is 0.184 e. The Morgan fingerprint density at radius 3 is 1.69 bits per heavy atom. The van der Waals surface area contributed by atoms with E-state index in [1.54, 1.807) is 6.08 Å². The molecule has 5 nitrogen and oxygen atoms in total. The van der Waals surface area contributed by atoms with Gasteiger partial charge in [0.2, 0.25) is 0 Å². The molecule has 192 valence electrons. The molecular formula is C31H42N4O. The lowest BCUT2D eigenvalue weighted by Gasteiger charge is -2.27. The van der Waals surface area contributed by atoms with E-state index in [2.05, 4.69) is 99.9 Å². The van der Waals surface area contributed by atoms with Crippen LogP contribution in [0.15, 0.2) is 76.9 Å². The highest BCUT2D eigenvalue weighted by molar-refractivity contribution is 6.22. The van der Waals surface area contributed by atoms with Crippen molar-refractivity contribution in [2.45, 2.75) is 60.0 Å². The van der Waals surface area contributed by atoms with E-state index in [9.17, 15) is 4.79 Å². The summed E-state index contributed by atoms with van der Waals surface area (Å²) in [7, 11) is 3.90. The minimum atomic E-state index is 0.0463. The van der Waals surface area contributed by atoms with E-state index in [4.69, 9.17) is 4.99 Å². The number of nitrogens with zero attached hydrogens (tertiary/aromatic N) is 4. The van der Waals surface area contributed by atoms with Crippen LogP contribution in [-0.4, -0.2) is 55.7 Å². The molecule has 0 aliphatic heterocycles. The van der Waals surface area contributed by atoms with Crippen molar-refractivity contribution in [2.24, 2.45) is 4.99 Å². The Morgan fingerprint density at radius 1 is 0.750 bits per heavy atom. The largest absolute Gasteiger partial charge is 0.376 e. The van der Waals surface area contributed by atoms with Gasteiger partial charge < -0.3 is 14.7 Å². The van der Waals surface area contributed by atoms with Crippen LogP contribution < -0.4 is 9.80 Å². The van der Waals surface area contributed by atoms with Gasteiger partial charge in [0.15, 0.2) is 5.78 Å². The highest BCUT2D eigenvalue weighted by Gasteiger charge is 2.21. The molecule has 0 heterocycles. The number of benzene rings is 2. The summed E-state index contributed by atoms with van der Waals surface area (Å²) in [6.45, 7) is 15.1. The fraction of sp³-hybridized carbons (Fsp3) is 0.419. The maximum atomic E-state index is 13.0. The van der Waals surface area contributed by atoms with E-state index in [1.807, 2.05) is 25.1 Å². The second-order valence-electron chi connectivity index (χ2n) is 10.1. The van der Waals surface area contributed by atoms with Crippen LogP contribution in [0, 0.1) is 0 Å². The van der Waals surface area contributed by atoms with E-state index in [-0.39, 0.29) is 5.78 Å². The van der Waals surface area contributed by atoms with E-state index < -0.39 is 0 Å². The average Bonchev–Trinajstić information content (AvgIpc) is 2.83. The van der Waals surface area contributed by atoms with Crippen LogP contribution >= 0.6 is 0 Å². The monoisotopic (exact) mass is 486 g/mol. The summed E-state index contributed by atoms with van der Waals surface area (Å²) in [5, 5.41) is 0. The molecule has 36 heavy (non-hydrogen) atoms. The molecule has 0 aromatic heterocycles. The zero-order valence-electron chi connectivity index (χ0n) is 23.2. The second kappa shape index (κ2) is 12.1. The SMILES string of the molecule is CCN(c1ccc(CC2=CC(=Nc3ccc(N(CC)C(C)C)cc3)C(N(C)C)=CC2=O)cc1)C(C)C. The molecule has 0 N–H and O–H groups in total. The predicted octanol–water partition coefficient (Wildman–Crippen LogP) is 6.43. The lowest BCUT2D eigenvalue weighted by molar-refractivity contribution is -0.111. The van der Waals surface area contributed by atoms with Crippen LogP contribution in [0.2, 0.25) is 0 Å². The lowest BCUT2D eigenvalue weighted by atomic mass is 9.94. The van der Waals surface area contributed by atoms with Gasteiger partial charge in [0.1, 0.15) is 0 Å². The van der Waals surface area contributed by atoms with Gasteiger partial charge in [-0.2, -0.15) is 0 Å². The van der Waals surface area contributed by atoms with Crippen LogP contribution in [0.1, 0.15) is 47.1 Å². The molecule has 1 aliphatic carbocycles. The van der Waals surface area contributed by atoms with Crippen LogP contribution in [0.4, 0.5) is 17.1 Å². The predicted molar refractivity (Wildman–Crippen MR) is 155 cm³/mol. The van der Waals surface area contributed by atoms with Gasteiger partial charge in [-0.15, -0.1) is 0 Å². The van der Waals surface area contributed by atoms with Gasteiger partial charge in [0, 0.05) is 68.7 Å².